The molecule has 2 aromatic carbocycles. The number of carboxylic acids is 1. The predicted octanol–water partition coefficient (Wildman–Crippen LogP) is 6.32. The summed E-state index contributed by atoms with van der Waals surface area (Å²) in [6.45, 7) is 10.7. The van der Waals surface area contributed by atoms with E-state index in [1.54, 1.807) is 19.2 Å². The van der Waals surface area contributed by atoms with Crippen LogP contribution in [0.5, 0.6) is 0 Å². The SMILES string of the molecule is Cc1cc(/C=C2\SC(=Nc3ccc(C(=O)O)cc3)N(C)C2=O)c(C)n1-c1ccc(C(C)(C)C)cc1. The van der Waals surface area contributed by atoms with Crippen LogP contribution in [0.25, 0.3) is 11.8 Å². The second-order valence-electron chi connectivity index (χ2n) is 9.68. The van der Waals surface area contributed by atoms with E-state index in [4.69, 9.17) is 5.11 Å². The average Bonchev–Trinajstić information content (AvgIpc) is 3.23. The highest BCUT2D eigenvalue weighted by Crippen LogP contribution is 2.35. The molecule has 2 heterocycles. The van der Waals surface area contributed by atoms with Gasteiger partial charge in [0.15, 0.2) is 5.17 Å². The fraction of sp³-hybridized carbons (Fsp3) is 0.250. The van der Waals surface area contributed by atoms with E-state index in [1.807, 2.05) is 6.08 Å². The van der Waals surface area contributed by atoms with Crippen LogP contribution in [-0.2, 0) is 10.2 Å². The lowest BCUT2D eigenvalue weighted by molar-refractivity contribution is -0.121. The molecule has 0 unspecified atom stereocenters. The van der Waals surface area contributed by atoms with Crippen molar-refractivity contribution in [3.63, 3.8) is 0 Å². The fourth-order valence-electron chi connectivity index (χ4n) is 4.02. The Morgan fingerprint density at radius 3 is 2.23 bits per heavy atom. The molecule has 7 heteroatoms. The van der Waals surface area contributed by atoms with Crippen molar-refractivity contribution < 1.29 is 14.7 Å². The first-order valence-electron chi connectivity index (χ1n) is 11.3. The van der Waals surface area contributed by atoms with Gasteiger partial charge >= 0.3 is 5.97 Å². The van der Waals surface area contributed by atoms with E-state index in [0.29, 0.717) is 15.8 Å². The Bertz CT molecular complexity index is 1360. The Labute approximate surface area is 210 Å². The molecule has 1 amide bonds. The zero-order valence-corrected chi connectivity index (χ0v) is 21.6. The zero-order chi connectivity index (χ0) is 25.5. The van der Waals surface area contributed by atoms with Crippen molar-refractivity contribution in [2.24, 2.45) is 4.99 Å². The number of aromatic nitrogens is 1. The topological polar surface area (TPSA) is 74.9 Å². The van der Waals surface area contributed by atoms with Gasteiger partial charge in [-0.05, 0) is 90.7 Å². The van der Waals surface area contributed by atoms with Crippen LogP contribution in [-0.4, -0.2) is 38.7 Å². The second kappa shape index (κ2) is 9.23. The van der Waals surface area contributed by atoms with Crippen molar-refractivity contribution in [2.75, 3.05) is 7.05 Å². The van der Waals surface area contributed by atoms with Crippen LogP contribution in [0.4, 0.5) is 5.69 Å². The molecule has 1 aromatic heterocycles. The summed E-state index contributed by atoms with van der Waals surface area (Å²) in [5.41, 5.74) is 6.39. The summed E-state index contributed by atoms with van der Waals surface area (Å²) >= 11 is 1.31. The molecular formula is C28H29N3O3S. The van der Waals surface area contributed by atoms with Crippen LogP contribution in [0.3, 0.4) is 0 Å². The Morgan fingerprint density at radius 1 is 1.03 bits per heavy atom. The summed E-state index contributed by atoms with van der Waals surface area (Å²) in [7, 11) is 1.70. The minimum atomic E-state index is -0.986. The summed E-state index contributed by atoms with van der Waals surface area (Å²) in [5, 5.41) is 9.62. The van der Waals surface area contributed by atoms with Crippen molar-refractivity contribution in [3.8, 4) is 5.69 Å². The number of amides is 1. The molecule has 1 fully saturated rings. The molecule has 1 N–H and O–H groups in total. The minimum Gasteiger partial charge on any atom is -0.478 e. The molecule has 35 heavy (non-hydrogen) atoms. The number of carbonyl (C=O) groups is 2. The van der Waals surface area contributed by atoms with Gasteiger partial charge in [-0.15, -0.1) is 0 Å². The molecule has 1 aliphatic heterocycles. The van der Waals surface area contributed by atoms with Crippen LogP contribution in [0, 0.1) is 13.8 Å². The highest BCUT2D eigenvalue weighted by molar-refractivity contribution is 8.18. The number of hydrogen-bond acceptors (Lipinski definition) is 4. The lowest BCUT2D eigenvalue weighted by atomic mass is 9.87. The first-order chi connectivity index (χ1) is 16.5. The van der Waals surface area contributed by atoms with Crippen LogP contribution in [0.2, 0.25) is 0 Å². The molecule has 180 valence electrons. The third-order valence-electron chi connectivity index (χ3n) is 6.09. The number of aryl methyl sites for hydroxylation is 1. The van der Waals surface area contributed by atoms with Crippen LogP contribution in [0.15, 0.2) is 64.5 Å². The lowest BCUT2D eigenvalue weighted by Gasteiger charge is -2.20. The molecule has 1 saturated heterocycles. The molecule has 0 atom stereocenters. The molecule has 0 bridgehead atoms. The number of aliphatic imine (C=N–C) groups is 1. The maximum absolute atomic E-state index is 12.9. The molecule has 0 radical (unpaired) electrons. The molecule has 1 aliphatic rings. The summed E-state index contributed by atoms with van der Waals surface area (Å²) in [6.07, 6.45) is 1.92. The van der Waals surface area contributed by atoms with Crippen molar-refractivity contribution in [3.05, 3.63) is 87.6 Å². The number of carboxylic acid groups (broad SMARTS) is 1. The first kappa shape index (κ1) is 24.5. The van der Waals surface area contributed by atoms with E-state index >= 15 is 0 Å². The maximum atomic E-state index is 12.9. The van der Waals surface area contributed by atoms with Crippen molar-refractivity contribution >= 4 is 40.6 Å². The van der Waals surface area contributed by atoms with Crippen LogP contribution in [0.1, 0.15) is 53.6 Å². The molecule has 6 nitrogen and oxygen atoms in total. The largest absolute Gasteiger partial charge is 0.478 e. The summed E-state index contributed by atoms with van der Waals surface area (Å²) in [5.74, 6) is -1.10. The van der Waals surface area contributed by atoms with Gasteiger partial charge in [0.25, 0.3) is 5.91 Å². The van der Waals surface area contributed by atoms with E-state index in [9.17, 15) is 9.59 Å². The smallest absolute Gasteiger partial charge is 0.335 e. The van der Waals surface area contributed by atoms with Gasteiger partial charge in [0.05, 0.1) is 16.2 Å². The molecule has 0 saturated carbocycles. The highest BCUT2D eigenvalue weighted by Gasteiger charge is 2.30. The van der Waals surface area contributed by atoms with Crippen molar-refractivity contribution in [1.29, 1.82) is 0 Å². The summed E-state index contributed by atoms with van der Waals surface area (Å²) < 4.78 is 2.20. The number of amidine groups is 1. The normalized spacial score (nSPS) is 16.5. The predicted molar refractivity (Wildman–Crippen MR) is 143 cm³/mol. The Balaban J connectivity index is 1.62. The van der Waals surface area contributed by atoms with Gasteiger partial charge in [-0.1, -0.05) is 32.9 Å². The maximum Gasteiger partial charge on any atom is 0.335 e. The Kier molecular flexibility index (Phi) is 6.47. The monoisotopic (exact) mass is 487 g/mol. The number of aromatic carboxylic acids is 1. The first-order valence-corrected chi connectivity index (χ1v) is 12.2. The summed E-state index contributed by atoms with van der Waals surface area (Å²) in [6, 6.07) is 17.0. The van der Waals surface area contributed by atoms with Gasteiger partial charge in [-0.3, -0.25) is 9.69 Å². The van der Waals surface area contributed by atoms with Crippen LogP contribution < -0.4 is 0 Å². The highest BCUT2D eigenvalue weighted by atomic mass is 32.2. The number of nitrogens with zero attached hydrogens (tertiary/aromatic N) is 3. The number of carbonyl (C=O) groups excluding carboxylic acids is 1. The number of likely N-dealkylation sites (N-methyl/N-ethyl adjacent to an activating group) is 1. The molecule has 0 spiro atoms. The molecule has 4 rings (SSSR count). The Morgan fingerprint density at radius 2 is 1.66 bits per heavy atom. The van der Waals surface area contributed by atoms with E-state index in [2.05, 4.69) is 74.5 Å². The van der Waals surface area contributed by atoms with E-state index in [1.165, 1.54) is 34.4 Å². The van der Waals surface area contributed by atoms with E-state index < -0.39 is 5.97 Å². The van der Waals surface area contributed by atoms with Gasteiger partial charge in [0.1, 0.15) is 0 Å². The lowest BCUT2D eigenvalue weighted by Crippen LogP contribution is -2.23. The third-order valence-corrected chi connectivity index (χ3v) is 7.15. The molecular weight excluding hydrogens is 458 g/mol. The third kappa shape index (κ3) is 4.95. The van der Waals surface area contributed by atoms with E-state index in [0.717, 1.165) is 22.6 Å². The Hall–Kier alpha value is -3.58. The fourth-order valence-corrected chi connectivity index (χ4v) is 5.00. The number of benzene rings is 2. The van der Waals surface area contributed by atoms with Gasteiger partial charge in [-0.25, -0.2) is 9.79 Å². The molecule has 0 aliphatic carbocycles. The van der Waals surface area contributed by atoms with Gasteiger partial charge in [-0.2, -0.15) is 0 Å². The minimum absolute atomic E-state index is 0.0958. The average molecular weight is 488 g/mol. The van der Waals surface area contributed by atoms with Crippen LogP contribution >= 0.6 is 11.8 Å². The quantitative estimate of drug-likeness (QED) is 0.437. The second-order valence-corrected chi connectivity index (χ2v) is 10.7. The van der Waals surface area contributed by atoms with E-state index in [-0.39, 0.29) is 16.9 Å². The van der Waals surface area contributed by atoms with Crippen molar-refractivity contribution in [2.45, 2.75) is 40.0 Å². The standard InChI is InChI=1S/C28H29N3O3S/c1-17-15-20(18(2)31(17)23-13-9-21(10-14-23)28(3,4)5)16-24-25(32)30(6)27(35-24)29-22-11-7-19(8-12-22)26(33)34/h7-16H,1-6H3,(H,33,34)/b24-16-,29-27?. The van der Waals surface area contributed by atoms with Gasteiger partial charge < -0.3 is 9.67 Å². The zero-order valence-electron chi connectivity index (χ0n) is 20.8. The number of thioether (sulfide) groups is 1. The number of rotatable bonds is 4. The van der Waals surface area contributed by atoms with Crippen molar-refractivity contribution in [1.82, 2.24) is 9.47 Å². The van der Waals surface area contributed by atoms with Gasteiger partial charge in [0.2, 0.25) is 0 Å². The number of hydrogen-bond donors (Lipinski definition) is 1. The molecule has 3 aromatic rings. The summed E-state index contributed by atoms with van der Waals surface area (Å²) in [4.78, 5) is 30.7. The van der Waals surface area contributed by atoms with Gasteiger partial charge in [0, 0.05) is 24.1 Å².